The van der Waals surface area contributed by atoms with E-state index in [4.69, 9.17) is 4.74 Å². The molecule has 2 heteroatoms. The summed E-state index contributed by atoms with van der Waals surface area (Å²) in [5.74, 6) is 0.947. The first-order valence-electron chi connectivity index (χ1n) is 7.63. The Hall–Kier alpha value is -1.80. The van der Waals surface area contributed by atoms with E-state index in [0.717, 1.165) is 25.1 Å². The van der Waals surface area contributed by atoms with Gasteiger partial charge < -0.3 is 10.1 Å². The summed E-state index contributed by atoms with van der Waals surface area (Å²) in [6.07, 6.45) is 2.13. The van der Waals surface area contributed by atoms with Crippen LogP contribution in [0.3, 0.4) is 0 Å². The van der Waals surface area contributed by atoms with Crippen molar-refractivity contribution in [2.45, 2.75) is 32.7 Å². The van der Waals surface area contributed by atoms with Crippen LogP contribution in [0, 0.1) is 13.8 Å². The van der Waals surface area contributed by atoms with E-state index in [1.807, 2.05) is 0 Å². The fourth-order valence-corrected chi connectivity index (χ4v) is 3.09. The molecule has 21 heavy (non-hydrogen) atoms. The quantitative estimate of drug-likeness (QED) is 0.925. The van der Waals surface area contributed by atoms with Crippen molar-refractivity contribution in [1.82, 2.24) is 5.32 Å². The molecule has 1 N–H and O–H groups in total. The first kappa shape index (κ1) is 14.2. The second kappa shape index (κ2) is 5.90. The van der Waals surface area contributed by atoms with Gasteiger partial charge in [0.1, 0.15) is 5.75 Å². The molecule has 1 atom stereocenters. The number of hydrogen-bond acceptors (Lipinski definition) is 2. The highest BCUT2D eigenvalue weighted by Gasteiger charge is 2.20. The van der Waals surface area contributed by atoms with Crippen molar-refractivity contribution in [2.75, 3.05) is 13.7 Å². The highest BCUT2D eigenvalue weighted by Crippen LogP contribution is 2.29. The summed E-state index contributed by atoms with van der Waals surface area (Å²) in [4.78, 5) is 0. The molecular weight excluding hydrogens is 258 g/mol. The molecule has 3 rings (SSSR count). The van der Waals surface area contributed by atoms with Crippen molar-refractivity contribution in [3.63, 3.8) is 0 Å². The second-order valence-corrected chi connectivity index (χ2v) is 5.94. The topological polar surface area (TPSA) is 21.3 Å². The van der Waals surface area contributed by atoms with Gasteiger partial charge in [-0.2, -0.15) is 0 Å². The lowest BCUT2D eigenvalue weighted by Crippen LogP contribution is -2.31. The van der Waals surface area contributed by atoms with E-state index in [1.54, 1.807) is 7.11 Å². The molecule has 0 fully saturated rings. The zero-order chi connectivity index (χ0) is 14.8. The predicted octanol–water partition coefficient (Wildman–Crippen LogP) is 3.74. The Kier molecular flexibility index (Phi) is 3.98. The molecule has 0 saturated carbocycles. The van der Waals surface area contributed by atoms with Crippen LogP contribution in [-0.4, -0.2) is 13.7 Å². The minimum Gasteiger partial charge on any atom is -0.497 e. The molecule has 0 spiro atoms. The molecule has 0 bridgehead atoms. The number of ether oxygens (including phenoxy) is 1. The first-order chi connectivity index (χ1) is 10.2. The van der Waals surface area contributed by atoms with Crippen LogP contribution in [0.2, 0.25) is 0 Å². The average molecular weight is 281 g/mol. The van der Waals surface area contributed by atoms with E-state index in [0.29, 0.717) is 6.04 Å². The molecule has 1 aliphatic rings. The van der Waals surface area contributed by atoms with Crippen LogP contribution in [0.1, 0.15) is 33.9 Å². The fraction of sp³-hybridized carbons (Fsp3) is 0.368. The minimum absolute atomic E-state index is 0.381. The Balaban J connectivity index is 1.88. The summed E-state index contributed by atoms with van der Waals surface area (Å²) in [7, 11) is 1.73. The van der Waals surface area contributed by atoms with Crippen LogP contribution in [0.5, 0.6) is 5.75 Å². The highest BCUT2D eigenvalue weighted by atomic mass is 16.5. The Bertz CT molecular complexity index is 648. The largest absolute Gasteiger partial charge is 0.497 e. The van der Waals surface area contributed by atoms with Crippen molar-refractivity contribution >= 4 is 0 Å². The third kappa shape index (κ3) is 2.96. The molecule has 1 heterocycles. The van der Waals surface area contributed by atoms with E-state index in [1.165, 1.54) is 27.8 Å². The van der Waals surface area contributed by atoms with E-state index < -0.39 is 0 Å². The summed E-state index contributed by atoms with van der Waals surface area (Å²) in [6.45, 7) is 5.40. The molecule has 0 radical (unpaired) electrons. The number of rotatable bonds is 3. The zero-order valence-electron chi connectivity index (χ0n) is 13.1. The van der Waals surface area contributed by atoms with Crippen molar-refractivity contribution in [3.05, 3.63) is 64.2 Å². The predicted molar refractivity (Wildman–Crippen MR) is 87.1 cm³/mol. The average Bonchev–Trinajstić information content (AvgIpc) is 2.51. The maximum absolute atomic E-state index is 5.39. The molecule has 1 unspecified atom stereocenters. The molecule has 2 aromatic carbocycles. The van der Waals surface area contributed by atoms with Gasteiger partial charge in [0.15, 0.2) is 0 Å². The minimum atomic E-state index is 0.381. The molecule has 1 aliphatic heterocycles. The van der Waals surface area contributed by atoms with Gasteiger partial charge in [0, 0.05) is 6.04 Å². The van der Waals surface area contributed by atoms with Crippen molar-refractivity contribution in [1.29, 1.82) is 0 Å². The van der Waals surface area contributed by atoms with Crippen LogP contribution >= 0.6 is 0 Å². The summed E-state index contributed by atoms with van der Waals surface area (Å²) >= 11 is 0. The number of fused-ring (bicyclic) bond motifs is 1. The number of benzene rings is 2. The van der Waals surface area contributed by atoms with E-state index in [2.05, 4.69) is 55.6 Å². The van der Waals surface area contributed by atoms with Crippen LogP contribution in [0.25, 0.3) is 0 Å². The highest BCUT2D eigenvalue weighted by molar-refractivity contribution is 5.40. The zero-order valence-corrected chi connectivity index (χ0v) is 13.1. The monoisotopic (exact) mass is 281 g/mol. The number of aryl methyl sites for hydroxylation is 2. The van der Waals surface area contributed by atoms with Gasteiger partial charge in [-0.1, -0.05) is 24.3 Å². The van der Waals surface area contributed by atoms with Crippen LogP contribution < -0.4 is 10.1 Å². The van der Waals surface area contributed by atoms with Gasteiger partial charge >= 0.3 is 0 Å². The second-order valence-electron chi connectivity index (χ2n) is 5.94. The third-order valence-corrected chi connectivity index (χ3v) is 4.52. The molecule has 110 valence electrons. The van der Waals surface area contributed by atoms with Crippen LogP contribution in [0.4, 0.5) is 0 Å². The smallest absolute Gasteiger partial charge is 0.119 e. The summed E-state index contributed by atoms with van der Waals surface area (Å²) in [6, 6.07) is 13.6. The molecule has 0 aliphatic carbocycles. The van der Waals surface area contributed by atoms with Crippen molar-refractivity contribution in [2.24, 2.45) is 0 Å². The maximum Gasteiger partial charge on any atom is 0.119 e. The van der Waals surface area contributed by atoms with Gasteiger partial charge in [-0.25, -0.2) is 0 Å². The van der Waals surface area contributed by atoms with Gasteiger partial charge in [0.05, 0.1) is 7.11 Å². The van der Waals surface area contributed by atoms with Gasteiger partial charge in [-0.15, -0.1) is 0 Å². The Morgan fingerprint density at radius 2 is 1.95 bits per heavy atom. The number of methoxy groups -OCH3 is 1. The van der Waals surface area contributed by atoms with Crippen molar-refractivity contribution in [3.8, 4) is 5.75 Å². The van der Waals surface area contributed by atoms with Crippen molar-refractivity contribution < 1.29 is 4.74 Å². The molecule has 2 aromatic rings. The third-order valence-electron chi connectivity index (χ3n) is 4.52. The summed E-state index contributed by atoms with van der Waals surface area (Å²) < 4.78 is 5.39. The fourth-order valence-electron chi connectivity index (χ4n) is 3.09. The lowest BCUT2D eigenvalue weighted by molar-refractivity contribution is 0.411. The van der Waals surface area contributed by atoms with Crippen LogP contribution in [0.15, 0.2) is 36.4 Å². The lowest BCUT2D eigenvalue weighted by Gasteiger charge is -2.27. The standard InChI is InChI=1S/C19H23NO/c1-13-4-5-15(10-14(13)2)11-19-18-12-17(21-3)7-6-16(18)8-9-20-19/h4-7,10,12,19-20H,8-9,11H2,1-3H3. The number of nitrogens with one attached hydrogen (secondary N) is 1. The Morgan fingerprint density at radius 3 is 2.71 bits per heavy atom. The molecule has 0 saturated heterocycles. The van der Waals surface area contributed by atoms with Gasteiger partial charge in [0.2, 0.25) is 0 Å². The Morgan fingerprint density at radius 1 is 1.10 bits per heavy atom. The maximum atomic E-state index is 5.39. The molecule has 0 aromatic heterocycles. The summed E-state index contributed by atoms with van der Waals surface area (Å²) in [5, 5.41) is 3.65. The number of hydrogen-bond donors (Lipinski definition) is 1. The first-order valence-corrected chi connectivity index (χ1v) is 7.63. The normalized spacial score (nSPS) is 17.4. The lowest BCUT2D eigenvalue weighted by atomic mass is 9.89. The Labute approximate surface area is 127 Å². The molecule has 0 amide bonds. The van der Waals surface area contributed by atoms with E-state index in [9.17, 15) is 0 Å². The molecular formula is C19H23NO. The SMILES string of the molecule is COc1ccc2c(c1)C(Cc1ccc(C)c(C)c1)NCC2. The van der Waals surface area contributed by atoms with Gasteiger partial charge in [-0.05, 0) is 73.2 Å². The van der Waals surface area contributed by atoms with Crippen LogP contribution in [-0.2, 0) is 12.8 Å². The molecule has 2 nitrogen and oxygen atoms in total. The van der Waals surface area contributed by atoms with E-state index >= 15 is 0 Å². The van der Waals surface area contributed by atoms with Gasteiger partial charge in [0.25, 0.3) is 0 Å². The summed E-state index contributed by atoms with van der Waals surface area (Å²) in [5.41, 5.74) is 6.96. The van der Waals surface area contributed by atoms with Gasteiger partial charge in [-0.3, -0.25) is 0 Å². The van der Waals surface area contributed by atoms with E-state index in [-0.39, 0.29) is 0 Å².